The Kier molecular flexibility index (Phi) is 4.55. The third-order valence-corrected chi connectivity index (χ3v) is 5.03. The summed E-state index contributed by atoms with van der Waals surface area (Å²) < 4.78 is 18.5. The fraction of sp³-hybridized carbons (Fsp3) is 0.238. The molecule has 30 heavy (non-hydrogen) atoms. The van der Waals surface area contributed by atoms with Gasteiger partial charge < -0.3 is 19.5 Å². The number of fused-ring (bicyclic) bond motifs is 2. The van der Waals surface area contributed by atoms with E-state index in [1.807, 2.05) is 55.5 Å². The van der Waals surface area contributed by atoms with Gasteiger partial charge in [0.15, 0.2) is 11.5 Å². The van der Waals surface area contributed by atoms with Gasteiger partial charge in [0.1, 0.15) is 25.9 Å². The Morgan fingerprint density at radius 2 is 1.97 bits per heavy atom. The van der Waals surface area contributed by atoms with Crippen molar-refractivity contribution in [1.29, 1.82) is 0 Å². The van der Waals surface area contributed by atoms with Crippen LogP contribution in [-0.2, 0) is 16.1 Å². The summed E-state index contributed by atoms with van der Waals surface area (Å²) in [5.41, 5.74) is 2.77. The van der Waals surface area contributed by atoms with Crippen LogP contribution in [0.2, 0.25) is 0 Å². The number of rotatable bonds is 4. The number of tetrazole rings is 1. The Morgan fingerprint density at radius 1 is 1.17 bits per heavy atom. The summed E-state index contributed by atoms with van der Waals surface area (Å²) in [7, 11) is 0. The molecule has 9 heteroatoms. The van der Waals surface area contributed by atoms with E-state index in [4.69, 9.17) is 14.2 Å². The molecular formula is C21H19N5O4. The molecule has 0 fully saturated rings. The third-order valence-electron chi connectivity index (χ3n) is 5.03. The minimum Gasteiger partial charge on any atom is -0.486 e. The van der Waals surface area contributed by atoms with Crippen LogP contribution in [-0.4, -0.2) is 39.4 Å². The van der Waals surface area contributed by atoms with Crippen LogP contribution in [0.4, 0.5) is 5.95 Å². The summed E-state index contributed by atoms with van der Waals surface area (Å²) in [6, 6.07) is 14.5. The average Bonchev–Trinajstić information content (AvgIpc) is 3.25. The molecule has 0 amide bonds. The molecule has 0 aliphatic carbocycles. The largest absolute Gasteiger partial charge is 0.486 e. The molecule has 9 nitrogen and oxygen atoms in total. The minimum atomic E-state index is -0.560. The lowest BCUT2D eigenvalue weighted by atomic mass is 9.95. The number of nitrogens with one attached hydrogen (secondary N) is 1. The maximum atomic E-state index is 13.1. The van der Waals surface area contributed by atoms with Crippen molar-refractivity contribution in [3.63, 3.8) is 0 Å². The lowest BCUT2D eigenvalue weighted by molar-refractivity contribution is -0.140. The topological polar surface area (TPSA) is 100 Å². The molecule has 3 heterocycles. The van der Waals surface area contributed by atoms with Gasteiger partial charge in [0.05, 0.1) is 5.57 Å². The molecule has 1 unspecified atom stereocenters. The number of hydrogen-bond donors (Lipinski definition) is 1. The van der Waals surface area contributed by atoms with Crippen molar-refractivity contribution in [1.82, 2.24) is 20.2 Å². The molecule has 3 aromatic rings. The van der Waals surface area contributed by atoms with Crippen LogP contribution in [0.3, 0.4) is 0 Å². The van der Waals surface area contributed by atoms with Gasteiger partial charge in [-0.3, -0.25) is 0 Å². The highest BCUT2D eigenvalue weighted by molar-refractivity contribution is 5.92. The number of nitrogens with zero attached hydrogens (tertiary/aromatic N) is 4. The minimum absolute atomic E-state index is 0.173. The molecule has 152 valence electrons. The van der Waals surface area contributed by atoms with Gasteiger partial charge in [-0.2, -0.15) is 4.68 Å². The number of allylic oxidation sites excluding steroid dienone is 1. The Hall–Kier alpha value is -3.88. The van der Waals surface area contributed by atoms with E-state index in [1.165, 1.54) is 0 Å². The molecule has 2 aromatic carbocycles. The fourth-order valence-electron chi connectivity index (χ4n) is 3.62. The zero-order chi connectivity index (χ0) is 20.5. The molecule has 2 aliphatic rings. The van der Waals surface area contributed by atoms with E-state index >= 15 is 0 Å². The highest BCUT2D eigenvalue weighted by Gasteiger charge is 2.35. The Morgan fingerprint density at radius 3 is 2.80 bits per heavy atom. The van der Waals surface area contributed by atoms with Crippen LogP contribution in [0.25, 0.3) is 0 Å². The second-order valence-electron chi connectivity index (χ2n) is 6.98. The highest BCUT2D eigenvalue weighted by Crippen LogP contribution is 2.39. The van der Waals surface area contributed by atoms with Gasteiger partial charge in [-0.05, 0) is 40.6 Å². The van der Waals surface area contributed by atoms with Crippen molar-refractivity contribution in [3.05, 3.63) is 70.9 Å². The van der Waals surface area contributed by atoms with E-state index in [-0.39, 0.29) is 6.61 Å². The normalized spacial score (nSPS) is 17.2. The lowest BCUT2D eigenvalue weighted by Gasteiger charge is -2.28. The van der Waals surface area contributed by atoms with Gasteiger partial charge in [0.2, 0.25) is 5.95 Å². The van der Waals surface area contributed by atoms with Crippen LogP contribution < -0.4 is 14.8 Å². The van der Waals surface area contributed by atoms with E-state index in [9.17, 15) is 4.79 Å². The van der Waals surface area contributed by atoms with Gasteiger partial charge in [-0.1, -0.05) is 41.5 Å². The smallest absolute Gasteiger partial charge is 0.338 e. The van der Waals surface area contributed by atoms with Crippen molar-refractivity contribution >= 4 is 11.9 Å². The molecule has 1 N–H and O–H groups in total. The van der Waals surface area contributed by atoms with Crippen molar-refractivity contribution in [2.75, 3.05) is 18.5 Å². The second-order valence-corrected chi connectivity index (χ2v) is 6.98. The number of carbonyl (C=O) groups excluding carboxylic acids is 1. The highest BCUT2D eigenvalue weighted by atomic mass is 16.6. The summed E-state index contributed by atoms with van der Waals surface area (Å²) in [5, 5.41) is 14.9. The summed E-state index contributed by atoms with van der Waals surface area (Å²) in [6.45, 7) is 2.96. The standard InChI is InChI=1S/C21H19N5O4/c1-13-18(20(27)30-12-14-5-3-2-4-6-14)19(26-21(22-13)23-24-25-26)15-7-8-16-17(11-15)29-10-9-28-16/h2-8,11,19H,9-10,12H2,1H3,(H,22,23,25). The lowest BCUT2D eigenvalue weighted by Crippen LogP contribution is -2.29. The molecule has 0 spiro atoms. The quantitative estimate of drug-likeness (QED) is 0.661. The molecule has 0 radical (unpaired) electrons. The predicted octanol–water partition coefficient (Wildman–Crippen LogP) is 2.48. The van der Waals surface area contributed by atoms with Gasteiger partial charge in [0, 0.05) is 5.70 Å². The van der Waals surface area contributed by atoms with Gasteiger partial charge in [0.25, 0.3) is 0 Å². The second kappa shape index (κ2) is 7.51. The summed E-state index contributed by atoms with van der Waals surface area (Å²) in [5.74, 6) is 1.31. The zero-order valence-corrected chi connectivity index (χ0v) is 16.2. The van der Waals surface area contributed by atoms with E-state index in [1.54, 1.807) is 4.68 Å². The molecule has 0 saturated carbocycles. The van der Waals surface area contributed by atoms with Crippen LogP contribution >= 0.6 is 0 Å². The Balaban J connectivity index is 1.50. The number of benzene rings is 2. The molecule has 0 bridgehead atoms. The first kappa shape index (κ1) is 18.2. The number of aromatic nitrogens is 4. The first-order valence-corrected chi connectivity index (χ1v) is 9.57. The first-order valence-electron chi connectivity index (χ1n) is 9.57. The molecule has 2 aliphatic heterocycles. The van der Waals surface area contributed by atoms with Gasteiger partial charge in [-0.25, -0.2) is 4.79 Å². The van der Waals surface area contributed by atoms with Crippen LogP contribution in [0.15, 0.2) is 59.8 Å². The number of carbonyl (C=O) groups is 1. The van der Waals surface area contributed by atoms with Gasteiger partial charge in [-0.15, -0.1) is 0 Å². The van der Waals surface area contributed by atoms with Crippen molar-refractivity contribution in [3.8, 4) is 11.5 Å². The predicted molar refractivity (Wildman–Crippen MR) is 106 cm³/mol. The van der Waals surface area contributed by atoms with Gasteiger partial charge >= 0.3 is 5.97 Å². The molecule has 0 saturated heterocycles. The number of esters is 1. The Labute approximate surface area is 172 Å². The molecule has 1 atom stereocenters. The maximum absolute atomic E-state index is 13.1. The molecule has 1 aromatic heterocycles. The van der Waals surface area contributed by atoms with E-state index in [0.29, 0.717) is 41.9 Å². The number of hydrogen-bond acceptors (Lipinski definition) is 8. The molecule has 5 rings (SSSR count). The summed E-state index contributed by atoms with van der Waals surface area (Å²) in [4.78, 5) is 13.1. The van der Waals surface area contributed by atoms with Crippen LogP contribution in [0.1, 0.15) is 24.1 Å². The zero-order valence-electron chi connectivity index (χ0n) is 16.2. The summed E-state index contributed by atoms with van der Waals surface area (Å²) in [6.07, 6.45) is 0. The third kappa shape index (κ3) is 3.24. The van der Waals surface area contributed by atoms with Crippen molar-refractivity contribution < 1.29 is 19.0 Å². The van der Waals surface area contributed by atoms with Crippen LogP contribution in [0, 0.1) is 0 Å². The van der Waals surface area contributed by atoms with E-state index < -0.39 is 12.0 Å². The fourth-order valence-corrected chi connectivity index (χ4v) is 3.62. The number of anilines is 1. The van der Waals surface area contributed by atoms with E-state index in [0.717, 1.165) is 11.1 Å². The monoisotopic (exact) mass is 405 g/mol. The summed E-state index contributed by atoms with van der Waals surface area (Å²) >= 11 is 0. The number of ether oxygens (including phenoxy) is 3. The van der Waals surface area contributed by atoms with E-state index in [2.05, 4.69) is 20.8 Å². The SMILES string of the molecule is CC1=C(C(=O)OCc2ccccc2)C(c2ccc3c(c2)OCCO3)n2nnnc2N1. The Bertz CT molecular complexity index is 1130. The van der Waals surface area contributed by atoms with Crippen molar-refractivity contribution in [2.45, 2.75) is 19.6 Å². The average molecular weight is 405 g/mol. The first-order chi connectivity index (χ1) is 14.7. The van der Waals surface area contributed by atoms with Crippen LogP contribution in [0.5, 0.6) is 11.5 Å². The maximum Gasteiger partial charge on any atom is 0.338 e. The van der Waals surface area contributed by atoms with Crippen molar-refractivity contribution in [2.24, 2.45) is 0 Å². The molecular weight excluding hydrogens is 386 g/mol.